The van der Waals surface area contributed by atoms with E-state index >= 15 is 0 Å². The molecule has 0 bridgehead atoms. The molecule has 0 amide bonds. The van der Waals surface area contributed by atoms with Crippen LogP contribution in [0.15, 0.2) is 29.0 Å². The van der Waals surface area contributed by atoms with Gasteiger partial charge >= 0.3 is 0 Å². The van der Waals surface area contributed by atoms with Crippen LogP contribution in [0, 0.1) is 11.7 Å². The third-order valence-electron chi connectivity index (χ3n) is 2.95. The zero-order valence-electron chi connectivity index (χ0n) is 11.4. The maximum atomic E-state index is 13.5. The van der Waals surface area contributed by atoms with E-state index < -0.39 is 6.10 Å². The van der Waals surface area contributed by atoms with Gasteiger partial charge in [0.15, 0.2) is 0 Å². The van der Waals surface area contributed by atoms with Gasteiger partial charge < -0.3 is 5.11 Å². The van der Waals surface area contributed by atoms with E-state index in [1.54, 1.807) is 16.8 Å². The maximum Gasteiger partial charge on any atom is 0.138 e. The molecule has 1 aromatic carbocycles. The summed E-state index contributed by atoms with van der Waals surface area (Å²) in [6, 6.07) is 4.63. The van der Waals surface area contributed by atoms with Crippen LogP contribution in [-0.2, 0) is 13.0 Å². The average molecular weight is 342 g/mol. The van der Waals surface area contributed by atoms with Gasteiger partial charge in [-0.1, -0.05) is 26.0 Å². The van der Waals surface area contributed by atoms with Crippen molar-refractivity contribution in [2.24, 2.45) is 5.92 Å². The summed E-state index contributed by atoms with van der Waals surface area (Å²) in [4.78, 5) is 4.17. The molecule has 2 rings (SSSR count). The van der Waals surface area contributed by atoms with E-state index in [1.807, 2.05) is 0 Å². The Hall–Kier alpha value is -1.27. The van der Waals surface area contributed by atoms with Crippen molar-refractivity contribution in [3.63, 3.8) is 0 Å². The van der Waals surface area contributed by atoms with Crippen LogP contribution >= 0.6 is 15.9 Å². The Morgan fingerprint density at radius 1 is 1.40 bits per heavy atom. The van der Waals surface area contributed by atoms with Crippen LogP contribution in [0.2, 0.25) is 0 Å². The second-order valence-corrected chi connectivity index (χ2v) is 5.91. The number of benzene rings is 1. The van der Waals surface area contributed by atoms with Crippen LogP contribution in [0.25, 0.3) is 0 Å². The first-order chi connectivity index (χ1) is 9.49. The third-order valence-corrected chi connectivity index (χ3v) is 3.79. The molecular weight excluding hydrogens is 325 g/mol. The average Bonchev–Trinajstić information content (AvgIpc) is 2.79. The summed E-state index contributed by atoms with van der Waals surface area (Å²) < 4.78 is 15.6. The molecule has 0 radical (unpaired) electrons. The van der Waals surface area contributed by atoms with E-state index in [2.05, 4.69) is 39.9 Å². The molecule has 20 heavy (non-hydrogen) atoms. The van der Waals surface area contributed by atoms with Crippen LogP contribution in [0.3, 0.4) is 0 Å². The smallest absolute Gasteiger partial charge is 0.138 e. The number of hydrogen-bond donors (Lipinski definition) is 1. The number of hydrogen-bond acceptors (Lipinski definition) is 3. The van der Waals surface area contributed by atoms with Crippen LogP contribution in [0.4, 0.5) is 4.39 Å². The Labute approximate surface area is 125 Å². The molecule has 0 fully saturated rings. The van der Waals surface area contributed by atoms with Gasteiger partial charge in [-0.2, -0.15) is 5.10 Å². The Kier molecular flexibility index (Phi) is 4.88. The third kappa shape index (κ3) is 3.43. The highest BCUT2D eigenvalue weighted by atomic mass is 79.9. The lowest BCUT2D eigenvalue weighted by Gasteiger charge is -2.14. The van der Waals surface area contributed by atoms with E-state index in [0.29, 0.717) is 28.2 Å². The lowest BCUT2D eigenvalue weighted by molar-refractivity contribution is 0.172. The summed E-state index contributed by atoms with van der Waals surface area (Å²) in [5, 5.41) is 14.4. The number of aliphatic hydroxyl groups is 1. The quantitative estimate of drug-likeness (QED) is 0.908. The second kappa shape index (κ2) is 6.45. The minimum absolute atomic E-state index is 0.294. The molecule has 1 heterocycles. The molecule has 108 valence electrons. The van der Waals surface area contributed by atoms with Crippen molar-refractivity contribution < 1.29 is 9.50 Å². The normalized spacial score (nSPS) is 12.9. The topological polar surface area (TPSA) is 50.9 Å². The molecule has 0 spiro atoms. The molecule has 1 aromatic heterocycles. The van der Waals surface area contributed by atoms with Crippen LogP contribution in [0.1, 0.15) is 31.3 Å². The van der Waals surface area contributed by atoms with Crippen molar-refractivity contribution in [1.82, 2.24) is 14.8 Å². The number of nitrogens with zero attached hydrogens (tertiary/aromatic N) is 3. The van der Waals surface area contributed by atoms with E-state index in [4.69, 9.17) is 0 Å². The van der Waals surface area contributed by atoms with Gasteiger partial charge in [-0.15, -0.1) is 0 Å². The summed E-state index contributed by atoms with van der Waals surface area (Å²) in [6.45, 7) is 4.92. The number of halogens is 2. The van der Waals surface area contributed by atoms with Gasteiger partial charge in [-0.3, -0.25) is 0 Å². The fourth-order valence-electron chi connectivity index (χ4n) is 2.01. The van der Waals surface area contributed by atoms with Crippen LogP contribution in [0.5, 0.6) is 0 Å². The van der Waals surface area contributed by atoms with Gasteiger partial charge in [0, 0.05) is 13.0 Å². The molecule has 0 aliphatic carbocycles. The molecule has 0 saturated heterocycles. The molecule has 6 heteroatoms. The predicted molar refractivity (Wildman–Crippen MR) is 77.6 cm³/mol. The van der Waals surface area contributed by atoms with Crippen molar-refractivity contribution >= 4 is 15.9 Å². The second-order valence-electron chi connectivity index (χ2n) is 5.12. The van der Waals surface area contributed by atoms with E-state index in [0.717, 1.165) is 6.54 Å². The van der Waals surface area contributed by atoms with Gasteiger partial charge in [-0.25, -0.2) is 14.1 Å². The minimum atomic E-state index is -0.824. The Bertz CT molecular complexity index is 586. The summed E-state index contributed by atoms with van der Waals surface area (Å²) in [5.74, 6) is 0.751. The van der Waals surface area contributed by atoms with Crippen molar-refractivity contribution in [3.8, 4) is 0 Å². The highest BCUT2D eigenvalue weighted by Crippen LogP contribution is 2.27. The van der Waals surface area contributed by atoms with E-state index in [1.165, 1.54) is 12.4 Å². The SMILES string of the molecule is CC(C)Cn1ncnc1CC(O)c1cccc(F)c1Br. The zero-order valence-corrected chi connectivity index (χ0v) is 13.0. The molecule has 1 atom stereocenters. The lowest BCUT2D eigenvalue weighted by Crippen LogP contribution is -2.13. The van der Waals surface area contributed by atoms with Gasteiger partial charge in [0.25, 0.3) is 0 Å². The van der Waals surface area contributed by atoms with Crippen LogP contribution in [-0.4, -0.2) is 19.9 Å². The fraction of sp³-hybridized carbons (Fsp3) is 0.429. The zero-order chi connectivity index (χ0) is 14.7. The van der Waals surface area contributed by atoms with Crippen molar-refractivity contribution in [3.05, 3.63) is 46.2 Å². The molecule has 0 saturated carbocycles. The fourth-order valence-corrected chi connectivity index (χ4v) is 2.53. The Morgan fingerprint density at radius 3 is 2.85 bits per heavy atom. The maximum absolute atomic E-state index is 13.5. The summed E-state index contributed by atoms with van der Waals surface area (Å²) >= 11 is 3.17. The molecule has 4 nitrogen and oxygen atoms in total. The van der Waals surface area contributed by atoms with Gasteiger partial charge in [0.1, 0.15) is 18.0 Å². The van der Waals surface area contributed by atoms with E-state index in [-0.39, 0.29) is 5.82 Å². The molecule has 1 unspecified atom stereocenters. The minimum Gasteiger partial charge on any atom is -0.388 e. The highest BCUT2D eigenvalue weighted by molar-refractivity contribution is 9.10. The Balaban J connectivity index is 2.17. The monoisotopic (exact) mass is 341 g/mol. The van der Waals surface area contributed by atoms with E-state index in [9.17, 15) is 9.50 Å². The molecule has 0 aliphatic heterocycles. The largest absolute Gasteiger partial charge is 0.388 e. The number of rotatable bonds is 5. The lowest BCUT2D eigenvalue weighted by atomic mass is 10.1. The Morgan fingerprint density at radius 2 is 2.15 bits per heavy atom. The standard InChI is InChI=1S/C14H17BrFN3O/c1-9(2)7-19-13(17-8-18-19)6-12(20)10-4-3-5-11(16)14(10)15/h3-5,8-9,12,20H,6-7H2,1-2H3. The summed E-state index contributed by atoms with van der Waals surface area (Å²) in [7, 11) is 0. The van der Waals surface area contributed by atoms with Crippen molar-refractivity contribution in [1.29, 1.82) is 0 Å². The first-order valence-corrected chi connectivity index (χ1v) is 7.27. The number of aromatic nitrogens is 3. The van der Waals surface area contributed by atoms with Crippen LogP contribution < -0.4 is 0 Å². The number of aliphatic hydroxyl groups excluding tert-OH is 1. The van der Waals surface area contributed by atoms with Crippen molar-refractivity contribution in [2.75, 3.05) is 0 Å². The molecule has 0 aliphatic rings. The molecule has 1 N–H and O–H groups in total. The summed E-state index contributed by atoms with van der Waals surface area (Å²) in [6.07, 6.45) is 0.954. The molecule has 2 aromatic rings. The van der Waals surface area contributed by atoms with Crippen molar-refractivity contribution in [2.45, 2.75) is 32.9 Å². The molecular formula is C14H17BrFN3O. The van der Waals surface area contributed by atoms with Gasteiger partial charge in [0.2, 0.25) is 0 Å². The van der Waals surface area contributed by atoms with Gasteiger partial charge in [0.05, 0.1) is 10.6 Å². The first kappa shape index (κ1) is 15.1. The highest BCUT2D eigenvalue weighted by Gasteiger charge is 2.17. The summed E-state index contributed by atoms with van der Waals surface area (Å²) in [5.41, 5.74) is 0.518. The first-order valence-electron chi connectivity index (χ1n) is 6.47. The predicted octanol–water partition coefficient (Wildman–Crippen LogP) is 3.11. The van der Waals surface area contributed by atoms with Gasteiger partial charge in [-0.05, 0) is 33.5 Å².